The second-order valence-electron chi connectivity index (χ2n) is 8.41. The number of carbonyl (C=O) groups is 1. The van der Waals surface area contributed by atoms with Crippen molar-refractivity contribution in [1.82, 2.24) is 9.88 Å². The van der Waals surface area contributed by atoms with E-state index in [1.54, 1.807) is 35.5 Å². The Morgan fingerprint density at radius 3 is 2.51 bits per heavy atom. The molecule has 0 aliphatic carbocycles. The highest BCUT2D eigenvalue weighted by molar-refractivity contribution is 5.91. The summed E-state index contributed by atoms with van der Waals surface area (Å²) < 4.78 is 11.5. The standard InChI is InChI=1S/C27H24N2O6/c30-20-14-21(31)26-22(32)15-23(17-5-2-1-3-6-17)35-27(26)25(20)19(18-7-4-8-28-16-18)13-24(33)29-9-11-34-12-10-29/h1-8,14-16,19,30-31H,9-13H2. The van der Waals surface area contributed by atoms with E-state index in [4.69, 9.17) is 9.15 Å². The van der Waals surface area contributed by atoms with Crippen molar-refractivity contribution < 1.29 is 24.2 Å². The van der Waals surface area contributed by atoms with E-state index in [2.05, 4.69) is 4.98 Å². The number of morpholine rings is 1. The molecule has 2 N–H and O–H groups in total. The van der Waals surface area contributed by atoms with Gasteiger partial charge in [0.05, 0.1) is 13.2 Å². The van der Waals surface area contributed by atoms with E-state index in [0.717, 1.165) is 6.07 Å². The molecule has 2 aromatic heterocycles. The molecule has 1 saturated heterocycles. The predicted octanol–water partition coefficient (Wildman–Crippen LogP) is 3.65. The van der Waals surface area contributed by atoms with Crippen LogP contribution in [-0.4, -0.2) is 52.3 Å². The molecule has 0 bridgehead atoms. The molecule has 1 atom stereocenters. The van der Waals surface area contributed by atoms with Gasteiger partial charge in [0, 0.05) is 61.1 Å². The summed E-state index contributed by atoms with van der Waals surface area (Å²) in [6, 6.07) is 15.1. The summed E-state index contributed by atoms with van der Waals surface area (Å²) in [6.45, 7) is 1.89. The first-order valence-electron chi connectivity index (χ1n) is 11.4. The minimum Gasteiger partial charge on any atom is -0.507 e. The van der Waals surface area contributed by atoms with Crippen LogP contribution >= 0.6 is 0 Å². The zero-order valence-corrected chi connectivity index (χ0v) is 18.9. The van der Waals surface area contributed by atoms with Crippen molar-refractivity contribution in [2.45, 2.75) is 12.3 Å². The average Bonchev–Trinajstić information content (AvgIpc) is 2.89. The Kier molecular flexibility index (Phi) is 6.20. The van der Waals surface area contributed by atoms with Gasteiger partial charge in [-0.2, -0.15) is 0 Å². The first-order chi connectivity index (χ1) is 17.0. The van der Waals surface area contributed by atoms with Crippen molar-refractivity contribution in [1.29, 1.82) is 0 Å². The van der Waals surface area contributed by atoms with Crippen LogP contribution in [0.2, 0.25) is 0 Å². The van der Waals surface area contributed by atoms with Crippen molar-refractivity contribution in [3.63, 3.8) is 0 Å². The van der Waals surface area contributed by atoms with Crippen molar-refractivity contribution in [3.05, 3.63) is 88.3 Å². The number of carbonyl (C=O) groups excluding carboxylic acids is 1. The predicted molar refractivity (Wildman–Crippen MR) is 129 cm³/mol. The number of aromatic hydroxyl groups is 2. The molecule has 1 fully saturated rings. The molecular formula is C27H24N2O6. The fourth-order valence-corrected chi connectivity index (χ4v) is 4.49. The van der Waals surface area contributed by atoms with Crippen LogP contribution in [0, 0.1) is 0 Å². The number of fused-ring (bicyclic) bond motifs is 1. The molecule has 0 radical (unpaired) electrons. The fourth-order valence-electron chi connectivity index (χ4n) is 4.49. The van der Waals surface area contributed by atoms with Crippen LogP contribution in [0.15, 0.2) is 76.2 Å². The Labute approximate surface area is 201 Å². The minimum atomic E-state index is -0.670. The van der Waals surface area contributed by atoms with E-state index >= 15 is 0 Å². The highest BCUT2D eigenvalue weighted by Gasteiger charge is 2.30. The van der Waals surface area contributed by atoms with Crippen molar-refractivity contribution in [3.8, 4) is 22.8 Å². The van der Waals surface area contributed by atoms with Gasteiger partial charge < -0.3 is 24.3 Å². The maximum atomic E-state index is 13.3. The second kappa shape index (κ2) is 9.60. The number of phenolic OH excluding ortho intramolecular Hbond substituents is 2. The topological polar surface area (TPSA) is 113 Å². The third kappa shape index (κ3) is 4.48. The summed E-state index contributed by atoms with van der Waals surface area (Å²) in [6.07, 6.45) is 3.25. The maximum Gasteiger partial charge on any atom is 0.223 e. The molecule has 0 spiro atoms. The summed E-state index contributed by atoms with van der Waals surface area (Å²) in [5.74, 6) is -1.16. The van der Waals surface area contributed by atoms with E-state index < -0.39 is 11.3 Å². The summed E-state index contributed by atoms with van der Waals surface area (Å²) in [5, 5.41) is 21.5. The Morgan fingerprint density at radius 2 is 1.80 bits per heavy atom. The van der Waals surface area contributed by atoms with Crippen LogP contribution in [0.1, 0.15) is 23.5 Å². The van der Waals surface area contributed by atoms with Crippen molar-refractivity contribution in [2.75, 3.05) is 26.3 Å². The van der Waals surface area contributed by atoms with E-state index in [1.165, 1.54) is 6.07 Å². The maximum absolute atomic E-state index is 13.3. The zero-order valence-electron chi connectivity index (χ0n) is 18.9. The number of hydrogen-bond acceptors (Lipinski definition) is 7. The molecule has 3 heterocycles. The van der Waals surface area contributed by atoms with Gasteiger partial charge >= 0.3 is 0 Å². The number of hydrogen-bond donors (Lipinski definition) is 2. The molecule has 1 aliphatic rings. The van der Waals surface area contributed by atoms with Gasteiger partial charge in [-0.3, -0.25) is 14.6 Å². The van der Waals surface area contributed by atoms with Crippen LogP contribution in [-0.2, 0) is 9.53 Å². The highest BCUT2D eigenvalue weighted by Crippen LogP contribution is 2.42. The lowest BCUT2D eigenvalue weighted by molar-refractivity contribution is -0.135. The highest BCUT2D eigenvalue weighted by atomic mass is 16.5. The van der Waals surface area contributed by atoms with Crippen LogP contribution in [0.25, 0.3) is 22.3 Å². The molecule has 4 aromatic rings. The molecule has 1 aliphatic heterocycles. The van der Waals surface area contributed by atoms with E-state index in [9.17, 15) is 19.8 Å². The number of ether oxygens (including phenoxy) is 1. The van der Waals surface area contributed by atoms with Gasteiger partial charge in [0.25, 0.3) is 0 Å². The van der Waals surface area contributed by atoms with Crippen LogP contribution in [0.3, 0.4) is 0 Å². The van der Waals surface area contributed by atoms with Crippen LogP contribution < -0.4 is 5.43 Å². The van der Waals surface area contributed by atoms with Crippen molar-refractivity contribution in [2.24, 2.45) is 0 Å². The number of nitrogens with zero attached hydrogens (tertiary/aromatic N) is 2. The first kappa shape index (κ1) is 22.6. The molecule has 0 saturated carbocycles. The van der Waals surface area contributed by atoms with Gasteiger partial charge in [-0.05, 0) is 11.6 Å². The van der Waals surface area contributed by atoms with Gasteiger partial charge in [0.1, 0.15) is 28.2 Å². The van der Waals surface area contributed by atoms with E-state index in [0.29, 0.717) is 43.2 Å². The molecule has 2 aromatic carbocycles. The first-order valence-corrected chi connectivity index (χ1v) is 11.4. The smallest absolute Gasteiger partial charge is 0.223 e. The number of rotatable bonds is 5. The third-order valence-corrected chi connectivity index (χ3v) is 6.23. The summed E-state index contributed by atoms with van der Waals surface area (Å²) >= 11 is 0. The van der Waals surface area contributed by atoms with Gasteiger partial charge in [-0.25, -0.2) is 0 Å². The summed E-state index contributed by atoms with van der Waals surface area (Å²) in [7, 11) is 0. The Balaban J connectivity index is 1.71. The van der Waals surface area contributed by atoms with Crippen LogP contribution in [0.4, 0.5) is 0 Å². The average molecular weight is 472 g/mol. The third-order valence-electron chi connectivity index (χ3n) is 6.23. The number of aromatic nitrogens is 1. The summed E-state index contributed by atoms with van der Waals surface area (Å²) in [4.78, 5) is 32.2. The largest absolute Gasteiger partial charge is 0.507 e. The normalized spacial score (nSPS) is 14.7. The van der Waals surface area contributed by atoms with Gasteiger partial charge in [-0.1, -0.05) is 36.4 Å². The molecule has 5 rings (SSSR count). The zero-order chi connectivity index (χ0) is 24.4. The molecule has 8 heteroatoms. The number of phenols is 2. The lowest BCUT2D eigenvalue weighted by atomic mass is 9.86. The summed E-state index contributed by atoms with van der Waals surface area (Å²) in [5.41, 5.74) is 1.18. The molecule has 1 amide bonds. The Bertz CT molecular complexity index is 1410. The molecule has 1 unspecified atom stereocenters. The van der Waals surface area contributed by atoms with Crippen molar-refractivity contribution >= 4 is 16.9 Å². The molecule has 35 heavy (non-hydrogen) atoms. The molecule has 178 valence electrons. The minimum absolute atomic E-state index is 0.0123. The molecular weight excluding hydrogens is 448 g/mol. The fraction of sp³-hybridized carbons (Fsp3) is 0.222. The second-order valence-corrected chi connectivity index (χ2v) is 8.41. The SMILES string of the molecule is O=C(CC(c1cccnc1)c1c(O)cc(O)c2c(=O)cc(-c3ccccc3)oc12)N1CCOCC1. The lowest BCUT2D eigenvalue weighted by Crippen LogP contribution is -2.41. The quantitative estimate of drug-likeness (QED) is 0.456. The van der Waals surface area contributed by atoms with E-state index in [-0.39, 0.29) is 40.4 Å². The number of pyridine rings is 1. The van der Waals surface area contributed by atoms with E-state index in [1.807, 2.05) is 24.3 Å². The molecule has 8 nitrogen and oxygen atoms in total. The van der Waals surface area contributed by atoms with Gasteiger partial charge in [0.2, 0.25) is 5.91 Å². The lowest BCUT2D eigenvalue weighted by Gasteiger charge is -2.29. The Morgan fingerprint density at radius 1 is 1.03 bits per heavy atom. The van der Waals surface area contributed by atoms with Crippen LogP contribution in [0.5, 0.6) is 11.5 Å². The Hall–Kier alpha value is -4.17. The monoisotopic (exact) mass is 472 g/mol. The van der Waals surface area contributed by atoms with Gasteiger partial charge in [0.15, 0.2) is 5.43 Å². The number of benzene rings is 2. The number of amides is 1. The van der Waals surface area contributed by atoms with Gasteiger partial charge in [-0.15, -0.1) is 0 Å².